The number of nitrogens with zero attached hydrogens (tertiary/aromatic N) is 1. The third-order valence-electron chi connectivity index (χ3n) is 3.31. The van der Waals surface area contributed by atoms with E-state index >= 15 is 0 Å². The molecule has 0 aromatic carbocycles. The molecule has 1 amide bonds. The number of carbonyl (C=O) groups is 2. The summed E-state index contributed by atoms with van der Waals surface area (Å²) in [5.41, 5.74) is -1.91. The Labute approximate surface area is 128 Å². The maximum absolute atomic E-state index is 12.4. The predicted octanol–water partition coefficient (Wildman–Crippen LogP) is 3.91. The summed E-state index contributed by atoms with van der Waals surface area (Å²) in [6.07, 6.45) is 0.554. The summed E-state index contributed by atoms with van der Waals surface area (Å²) < 4.78 is 5.39. The summed E-state index contributed by atoms with van der Waals surface area (Å²) in [6.45, 7) is 14.6. The molecule has 21 heavy (non-hydrogen) atoms. The Balaban J connectivity index is 5.44. The van der Waals surface area contributed by atoms with Gasteiger partial charge < -0.3 is 9.84 Å². The van der Waals surface area contributed by atoms with Gasteiger partial charge in [0.05, 0.1) is 0 Å². The van der Waals surface area contributed by atoms with Gasteiger partial charge in [0.2, 0.25) is 0 Å². The van der Waals surface area contributed by atoms with Crippen LogP contribution >= 0.6 is 0 Å². The number of carbonyl (C=O) groups excluding carboxylic acids is 1. The quantitative estimate of drug-likeness (QED) is 0.807. The first-order valence-electron chi connectivity index (χ1n) is 7.57. The first-order valence-corrected chi connectivity index (χ1v) is 7.57. The number of amides is 1. The second-order valence-corrected chi connectivity index (χ2v) is 7.46. The molecular weight excluding hydrogens is 270 g/mol. The maximum Gasteiger partial charge on any atom is 0.411 e. The van der Waals surface area contributed by atoms with Crippen molar-refractivity contribution in [1.29, 1.82) is 0 Å². The normalized spacial score (nSPS) is 15.0. The standard InChI is InChI=1S/C16H31NO4/c1-11(2)9-10-16(8,13(18)19)17(12(3)4)14(20)21-15(5,6)7/h11-12H,9-10H2,1-8H3,(H,18,19). The molecule has 0 saturated carbocycles. The van der Waals surface area contributed by atoms with E-state index in [9.17, 15) is 14.7 Å². The topological polar surface area (TPSA) is 66.8 Å². The summed E-state index contributed by atoms with van der Waals surface area (Å²) in [4.78, 5) is 25.6. The van der Waals surface area contributed by atoms with Crippen LogP contribution in [0.15, 0.2) is 0 Å². The Morgan fingerprint density at radius 2 is 1.57 bits per heavy atom. The molecule has 5 heteroatoms. The molecule has 0 bridgehead atoms. The van der Waals surface area contributed by atoms with Crippen LogP contribution in [0.4, 0.5) is 4.79 Å². The number of hydrogen-bond acceptors (Lipinski definition) is 3. The number of hydrogen-bond donors (Lipinski definition) is 1. The molecule has 0 heterocycles. The molecule has 0 aliphatic rings. The van der Waals surface area contributed by atoms with Crippen LogP contribution in [-0.4, -0.2) is 39.3 Å². The molecule has 0 fully saturated rings. The molecular formula is C16H31NO4. The van der Waals surface area contributed by atoms with Crippen LogP contribution in [0.1, 0.15) is 68.2 Å². The molecule has 0 aromatic heterocycles. The summed E-state index contributed by atoms with van der Waals surface area (Å²) in [5, 5.41) is 9.66. The average Bonchev–Trinajstić information content (AvgIpc) is 2.22. The van der Waals surface area contributed by atoms with Gasteiger partial charge in [-0.05, 0) is 60.3 Å². The van der Waals surface area contributed by atoms with Crippen molar-refractivity contribution < 1.29 is 19.4 Å². The predicted molar refractivity (Wildman–Crippen MR) is 83.3 cm³/mol. The van der Waals surface area contributed by atoms with Crippen LogP contribution in [0.3, 0.4) is 0 Å². The minimum atomic E-state index is -1.26. The lowest BCUT2D eigenvalue weighted by molar-refractivity contribution is -0.152. The first-order chi connectivity index (χ1) is 9.31. The van der Waals surface area contributed by atoms with Gasteiger partial charge in [-0.3, -0.25) is 4.90 Å². The van der Waals surface area contributed by atoms with Crippen LogP contribution in [0.5, 0.6) is 0 Å². The number of ether oxygens (including phenoxy) is 1. The zero-order valence-electron chi connectivity index (χ0n) is 14.7. The number of carboxylic acid groups (broad SMARTS) is 1. The van der Waals surface area contributed by atoms with E-state index in [-0.39, 0.29) is 6.04 Å². The minimum Gasteiger partial charge on any atom is -0.480 e. The van der Waals surface area contributed by atoms with E-state index in [2.05, 4.69) is 0 Å². The lowest BCUT2D eigenvalue weighted by Crippen LogP contribution is -2.59. The van der Waals surface area contributed by atoms with Crippen molar-refractivity contribution in [2.75, 3.05) is 0 Å². The van der Waals surface area contributed by atoms with Crippen molar-refractivity contribution in [3.63, 3.8) is 0 Å². The summed E-state index contributed by atoms with van der Waals surface area (Å²) in [6, 6.07) is -0.256. The van der Waals surface area contributed by atoms with E-state index in [0.717, 1.165) is 6.42 Å². The van der Waals surface area contributed by atoms with Gasteiger partial charge in [0, 0.05) is 6.04 Å². The molecule has 5 nitrogen and oxygen atoms in total. The third-order valence-corrected chi connectivity index (χ3v) is 3.31. The fourth-order valence-corrected chi connectivity index (χ4v) is 2.19. The van der Waals surface area contributed by atoms with E-state index in [1.165, 1.54) is 4.90 Å². The monoisotopic (exact) mass is 301 g/mol. The van der Waals surface area contributed by atoms with Crippen molar-refractivity contribution in [2.45, 2.75) is 85.4 Å². The Morgan fingerprint density at radius 1 is 1.10 bits per heavy atom. The summed E-state index contributed by atoms with van der Waals surface area (Å²) in [7, 11) is 0. The molecule has 0 radical (unpaired) electrons. The first kappa shape index (κ1) is 19.7. The van der Waals surface area contributed by atoms with Gasteiger partial charge in [0.15, 0.2) is 0 Å². The highest BCUT2D eigenvalue weighted by atomic mass is 16.6. The highest BCUT2D eigenvalue weighted by molar-refractivity contribution is 5.84. The molecule has 1 N–H and O–H groups in total. The van der Waals surface area contributed by atoms with E-state index in [4.69, 9.17) is 4.74 Å². The van der Waals surface area contributed by atoms with Gasteiger partial charge in [0.1, 0.15) is 11.1 Å². The molecule has 0 spiro atoms. The summed E-state index contributed by atoms with van der Waals surface area (Å²) >= 11 is 0. The lowest BCUT2D eigenvalue weighted by Gasteiger charge is -2.41. The Morgan fingerprint density at radius 3 is 1.86 bits per heavy atom. The second-order valence-electron chi connectivity index (χ2n) is 7.46. The van der Waals surface area contributed by atoms with Crippen molar-refractivity contribution in [3.05, 3.63) is 0 Å². The molecule has 0 aliphatic heterocycles. The van der Waals surface area contributed by atoms with Crippen LogP contribution in [0, 0.1) is 5.92 Å². The molecule has 0 rings (SSSR count). The molecule has 1 unspecified atom stereocenters. The average molecular weight is 301 g/mol. The van der Waals surface area contributed by atoms with Gasteiger partial charge in [-0.15, -0.1) is 0 Å². The molecule has 1 atom stereocenters. The largest absolute Gasteiger partial charge is 0.480 e. The van der Waals surface area contributed by atoms with Crippen LogP contribution in [0.25, 0.3) is 0 Å². The van der Waals surface area contributed by atoms with Crippen LogP contribution in [0.2, 0.25) is 0 Å². The van der Waals surface area contributed by atoms with Gasteiger partial charge in [-0.2, -0.15) is 0 Å². The lowest BCUT2D eigenvalue weighted by atomic mass is 9.89. The van der Waals surface area contributed by atoms with E-state index < -0.39 is 23.2 Å². The fourth-order valence-electron chi connectivity index (χ4n) is 2.19. The second kappa shape index (κ2) is 7.14. The molecule has 0 saturated heterocycles. The van der Waals surface area contributed by atoms with Gasteiger partial charge in [0.25, 0.3) is 0 Å². The number of aliphatic carboxylic acids is 1. The highest BCUT2D eigenvalue weighted by Gasteiger charge is 2.45. The van der Waals surface area contributed by atoms with Crippen LogP contribution in [-0.2, 0) is 9.53 Å². The van der Waals surface area contributed by atoms with Gasteiger partial charge >= 0.3 is 12.1 Å². The number of carboxylic acids is 1. The minimum absolute atomic E-state index is 0.256. The highest BCUT2D eigenvalue weighted by Crippen LogP contribution is 2.28. The molecule has 0 aliphatic carbocycles. The Bertz CT molecular complexity index is 371. The maximum atomic E-state index is 12.4. The molecule has 0 aromatic rings. The van der Waals surface area contributed by atoms with Gasteiger partial charge in [-0.25, -0.2) is 9.59 Å². The van der Waals surface area contributed by atoms with Crippen molar-refractivity contribution in [2.24, 2.45) is 5.92 Å². The zero-order chi connectivity index (χ0) is 17.0. The van der Waals surface area contributed by atoms with Crippen molar-refractivity contribution in [1.82, 2.24) is 4.90 Å². The van der Waals surface area contributed by atoms with E-state index in [1.807, 2.05) is 13.8 Å². The summed E-state index contributed by atoms with van der Waals surface area (Å²) in [5.74, 6) is -0.626. The Kier molecular flexibility index (Phi) is 6.71. The van der Waals surface area contributed by atoms with Crippen molar-refractivity contribution in [3.8, 4) is 0 Å². The smallest absolute Gasteiger partial charge is 0.411 e. The third kappa shape index (κ3) is 5.94. The Hall–Kier alpha value is -1.26. The van der Waals surface area contributed by atoms with Gasteiger partial charge in [-0.1, -0.05) is 13.8 Å². The zero-order valence-corrected chi connectivity index (χ0v) is 14.7. The fraction of sp³-hybridized carbons (Fsp3) is 0.875. The van der Waals surface area contributed by atoms with E-state index in [1.54, 1.807) is 41.5 Å². The van der Waals surface area contributed by atoms with Crippen LogP contribution < -0.4 is 0 Å². The molecule has 124 valence electrons. The van der Waals surface area contributed by atoms with Crippen molar-refractivity contribution >= 4 is 12.1 Å². The number of rotatable bonds is 6. The SMILES string of the molecule is CC(C)CCC(C)(C(=O)O)N(C(=O)OC(C)(C)C)C(C)C. The van der Waals surface area contributed by atoms with E-state index in [0.29, 0.717) is 12.3 Å².